The minimum atomic E-state index is 0. The molecule has 1 aliphatic rings. The van der Waals surface area contributed by atoms with Gasteiger partial charge in [-0.1, -0.05) is 32.0 Å². The lowest BCUT2D eigenvalue weighted by Gasteiger charge is -2.37. The second-order valence-corrected chi connectivity index (χ2v) is 6.23. The van der Waals surface area contributed by atoms with E-state index in [1.54, 1.807) is 7.05 Å². The maximum atomic E-state index is 11.5. The number of nitrogens with one attached hydrogen (secondary N) is 2. The molecule has 0 aliphatic carbocycles. The van der Waals surface area contributed by atoms with Gasteiger partial charge in [0.2, 0.25) is 5.91 Å². The third kappa shape index (κ3) is 6.72. The summed E-state index contributed by atoms with van der Waals surface area (Å²) in [5.41, 5.74) is 1.27. The molecule has 2 rings (SSSR count). The summed E-state index contributed by atoms with van der Waals surface area (Å²) in [4.78, 5) is 20.6. The first-order valence-electron chi connectivity index (χ1n) is 8.65. The first kappa shape index (κ1) is 21.5. The zero-order valence-electron chi connectivity index (χ0n) is 15.4. The van der Waals surface area contributed by atoms with Crippen LogP contribution in [0.3, 0.4) is 0 Å². The number of nitrogens with zero attached hydrogens (tertiary/aromatic N) is 3. The summed E-state index contributed by atoms with van der Waals surface area (Å²) in [5.74, 6) is 1.01. The van der Waals surface area contributed by atoms with Crippen molar-refractivity contribution in [3.8, 4) is 0 Å². The Kier molecular flexibility index (Phi) is 9.62. The molecule has 1 fully saturated rings. The maximum Gasteiger partial charge on any atom is 0.222 e. The molecule has 1 aromatic carbocycles. The van der Waals surface area contributed by atoms with Crippen LogP contribution in [0, 0.1) is 5.92 Å². The van der Waals surface area contributed by atoms with Crippen LogP contribution in [-0.4, -0.2) is 63.1 Å². The van der Waals surface area contributed by atoms with E-state index in [1.165, 1.54) is 5.69 Å². The van der Waals surface area contributed by atoms with Crippen molar-refractivity contribution >= 4 is 41.5 Å². The average molecular weight is 459 g/mol. The van der Waals surface area contributed by atoms with Crippen LogP contribution >= 0.6 is 24.0 Å². The fraction of sp³-hybridized carbons (Fsp3) is 0.556. The van der Waals surface area contributed by atoms with Crippen molar-refractivity contribution in [2.45, 2.75) is 13.8 Å². The summed E-state index contributed by atoms with van der Waals surface area (Å²) in [6.45, 7) is 8.93. The molecular weight excluding hydrogens is 429 g/mol. The highest BCUT2D eigenvalue weighted by atomic mass is 127. The van der Waals surface area contributed by atoms with Gasteiger partial charge in [0.25, 0.3) is 0 Å². The van der Waals surface area contributed by atoms with E-state index in [1.807, 2.05) is 19.9 Å². The minimum Gasteiger partial charge on any atom is -0.368 e. The number of aliphatic imine (C=N–C) groups is 1. The van der Waals surface area contributed by atoms with Gasteiger partial charge in [0, 0.05) is 57.9 Å². The first-order chi connectivity index (χ1) is 11.6. The zero-order chi connectivity index (χ0) is 17.4. The van der Waals surface area contributed by atoms with Gasteiger partial charge in [-0.3, -0.25) is 9.79 Å². The van der Waals surface area contributed by atoms with E-state index in [4.69, 9.17) is 0 Å². The number of hydrogen-bond donors (Lipinski definition) is 2. The standard InChI is InChI=1S/C18H29N5O.HI/c1-15(2)17(24)20-9-10-21-18(19-3)23-13-11-22(12-14-23)16-7-5-4-6-8-16;/h4-8,15H,9-14H2,1-3H3,(H,19,21)(H,20,24);1H. The highest BCUT2D eigenvalue weighted by Crippen LogP contribution is 2.15. The average Bonchev–Trinajstić information content (AvgIpc) is 2.62. The summed E-state index contributed by atoms with van der Waals surface area (Å²) < 4.78 is 0. The van der Waals surface area contributed by atoms with Crippen molar-refractivity contribution in [2.24, 2.45) is 10.9 Å². The Bertz CT molecular complexity index is 542. The van der Waals surface area contributed by atoms with Gasteiger partial charge < -0.3 is 20.4 Å². The van der Waals surface area contributed by atoms with Gasteiger partial charge in [-0.2, -0.15) is 0 Å². The van der Waals surface area contributed by atoms with Gasteiger partial charge in [0.15, 0.2) is 5.96 Å². The van der Waals surface area contributed by atoms with Gasteiger partial charge in [-0.15, -0.1) is 24.0 Å². The quantitative estimate of drug-likeness (QED) is 0.305. The number of rotatable bonds is 5. The van der Waals surface area contributed by atoms with Crippen LogP contribution in [0.15, 0.2) is 35.3 Å². The number of benzene rings is 1. The summed E-state index contributed by atoms with van der Waals surface area (Å²) in [6, 6.07) is 10.5. The monoisotopic (exact) mass is 459 g/mol. The SMILES string of the molecule is CN=C(NCCNC(=O)C(C)C)N1CCN(c2ccccc2)CC1.I. The van der Waals surface area contributed by atoms with Crippen molar-refractivity contribution in [1.82, 2.24) is 15.5 Å². The smallest absolute Gasteiger partial charge is 0.222 e. The lowest BCUT2D eigenvalue weighted by molar-refractivity contribution is -0.123. The molecule has 140 valence electrons. The predicted molar refractivity (Wildman–Crippen MR) is 115 cm³/mol. The van der Waals surface area contributed by atoms with Gasteiger partial charge in [0.05, 0.1) is 0 Å². The number of guanidine groups is 1. The molecule has 0 spiro atoms. The summed E-state index contributed by atoms with van der Waals surface area (Å²) in [7, 11) is 1.80. The van der Waals surface area contributed by atoms with Gasteiger partial charge in [-0.05, 0) is 12.1 Å². The van der Waals surface area contributed by atoms with Crippen molar-refractivity contribution in [3.05, 3.63) is 30.3 Å². The lowest BCUT2D eigenvalue weighted by Crippen LogP contribution is -2.53. The van der Waals surface area contributed by atoms with Crippen LogP contribution < -0.4 is 15.5 Å². The highest BCUT2D eigenvalue weighted by molar-refractivity contribution is 14.0. The highest BCUT2D eigenvalue weighted by Gasteiger charge is 2.19. The summed E-state index contributed by atoms with van der Waals surface area (Å²) in [6.07, 6.45) is 0. The molecule has 1 saturated heterocycles. The van der Waals surface area contributed by atoms with Crippen LogP contribution in [0.25, 0.3) is 0 Å². The molecule has 1 amide bonds. The van der Waals surface area contributed by atoms with Crippen molar-refractivity contribution in [1.29, 1.82) is 0 Å². The first-order valence-corrected chi connectivity index (χ1v) is 8.65. The molecule has 1 aliphatic heterocycles. The Morgan fingerprint density at radius 3 is 2.24 bits per heavy atom. The number of carbonyl (C=O) groups excluding carboxylic acids is 1. The normalized spacial score (nSPS) is 15.0. The molecule has 2 N–H and O–H groups in total. The summed E-state index contributed by atoms with van der Waals surface area (Å²) in [5, 5.41) is 6.24. The van der Waals surface area contributed by atoms with E-state index in [0.717, 1.165) is 32.1 Å². The van der Waals surface area contributed by atoms with Crippen LogP contribution in [0.2, 0.25) is 0 Å². The third-order valence-corrected chi connectivity index (χ3v) is 4.14. The van der Waals surface area contributed by atoms with E-state index in [0.29, 0.717) is 13.1 Å². The Morgan fingerprint density at radius 1 is 1.08 bits per heavy atom. The lowest BCUT2D eigenvalue weighted by atomic mass is 10.2. The van der Waals surface area contributed by atoms with E-state index < -0.39 is 0 Å². The Hall–Kier alpha value is -1.51. The largest absolute Gasteiger partial charge is 0.368 e. The molecule has 0 atom stereocenters. The molecule has 7 heteroatoms. The van der Waals surface area contributed by atoms with E-state index in [-0.39, 0.29) is 35.8 Å². The number of halogens is 1. The number of anilines is 1. The maximum absolute atomic E-state index is 11.5. The number of para-hydroxylation sites is 1. The Balaban J connectivity index is 0.00000312. The Labute approximate surface area is 168 Å². The van der Waals surface area contributed by atoms with Crippen molar-refractivity contribution in [2.75, 3.05) is 51.2 Å². The van der Waals surface area contributed by atoms with E-state index in [9.17, 15) is 4.79 Å². The van der Waals surface area contributed by atoms with Crippen molar-refractivity contribution < 1.29 is 4.79 Å². The Morgan fingerprint density at radius 2 is 1.68 bits per heavy atom. The molecule has 25 heavy (non-hydrogen) atoms. The second-order valence-electron chi connectivity index (χ2n) is 6.23. The topological polar surface area (TPSA) is 60.0 Å². The van der Waals surface area contributed by atoms with E-state index >= 15 is 0 Å². The van der Waals surface area contributed by atoms with Crippen LogP contribution in [0.1, 0.15) is 13.8 Å². The molecule has 1 heterocycles. The van der Waals surface area contributed by atoms with Crippen molar-refractivity contribution in [3.63, 3.8) is 0 Å². The molecule has 0 unspecified atom stereocenters. The van der Waals surface area contributed by atoms with E-state index in [2.05, 4.69) is 49.7 Å². The second kappa shape index (κ2) is 11.2. The fourth-order valence-corrected chi connectivity index (χ4v) is 2.71. The minimum absolute atomic E-state index is 0. The molecule has 6 nitrogen and oxygen atoms in total. The number of hydrogen-bond acceptors (Lipinski definition) is 3. The van der Waals surface area contributed by atoms with Crippen LogP contribution in [-0.2, 0) is 4.79 Å². The third-order valence-electron chi connectivity index (χ3n) is 4.14. The number of carbonyl (C=O) groups is 1. The van der Waals surface area contributed by atoms with Crippen LogP contribution in [0.4, 0.5) is 5.69 Å². The molecular formula is C18H30IN5O. The van der Waals surface area contributed by atoms with Crippen LogP contribution in [0.5, 0.6) is 0 Å². The number of piperazine rings is 1. The van der Waals surface area contributed by atoms with Gasteiger partial charge >= 0.3 is 0 Å². The molecule has 1 aromatic rings. The fourth-order valence-electron chi connectivity index (χ4n) is 2.71. The van der Waals surface area contributed by atoms with Gasteiger partial charge in [-0.25, -0.2) is 0 Å². The predicted octanol–water partition coefficient (Wildman–Crippen LogP) is 1.77. The molecule has 0 radical (unpaired) electrons. The summed E-state index contributed by atoms with van der Waals surface area (Å²) >= 11 is 0. The zero-order valence-corrected chi connectivity index (χ0v) is 17.7. The molecule has 0 bridgehead atoms. The molecule has 0 saturated carbocycles. The molecule has 0 aromatic heterocycles. The van der Waals surface area contributed by atoms with Gasteiger partial charge in [0.1, 0.15) is 0 Å². The number of amides is 1.